The number of aromatic amines is 2. The van der Waals surface area contributed by atoms with Gasteiger partial charge in [0.15, 0.2) is 0 Å². The quantitative estimate of drug-likeness (QED) is 0.0813. The minimum absolute atomic E-state index is 0.169. The highest BCUT2D eigenvalue weighted by Gasteiger charge is 2.39. The molecule has 2 aliphatic heterocycles. The first-order chi connectivity index (χ1) is 30.6. The number of methoxy groups -OCH3 is 2. The maximum Gasteiger partial charge on any atom is 0.407 e. The SMILES string of the molecule is C=C/C(=C\c1nc(C2CCCN2C(=O)C(NC(=O)OC)C2=CCC=CC2)[nH]c1C)c1ccc2cc(-c3cnc(C4CCCN4C(=O)C(NC(=O)OC)C4=CCC=CC4)[nH]3)ccc2c1. The normalized spacial score (nSPS) is 19.6. The Bertz CT molecular complexity index is 2580. The van der Waals surface area contributed by atoms with Crippen molar-refractivity contribution in [3.63, 3.8) is 0 Å². The topological polar surface area (TPSA) is 175 Å². The number of aryl methyl sites for hydroxylation is 1. The number of allylic oxidation sites excluding steroid dienone is 8. The van der Waals surface area contributed by atoms with Crippen LogP contribution in [0.5, 0.6) is 0 Å². The Balaban J connectivity index is 0.980. The molecule has 0 bridgehead atoms. The second kappa shape index (κ2) is 19.0. The van der Waals surface area contributed by atoms with Gasteiger partial charge in [-0.3, -0.25) is 9.59 Å². The van der Waals surface area contributed by atoms with E-state index in [1.54, 1.807) is 0 Å². The Morgan fingerprint density at radius 3 is 1.95 bits per heavy atom. The number of imidazole rings is 2. The summed E-state index contributed by atoms with van der Waals surface area (Å²) in [5.41, 5.74) is 7.03. The predicted octanol–water partition coefficient (Wildman–Crippen LogP) is 8.32. The molecular formula is C49H54N8O6. The van der Waals surface area contributed by atoms with Crippen molar-refractivity contribution in [3.05, 3.63) is 131 Å². The number of aromatic nitrogens is 4. The molecule has 4 aromatic rings. The summed E-state index contributed by atoms with van der Waals surface area (Å²) in [6.07, 6.45) is 22.2. The third-order valence-electron chi connectivity index (χ3n) is 12.4. The average molecular weight is 851 g/mol. The number of fused-ring (bicyclic) bond motifs is 1. The molecule has 4 N–H and O–H groups in total. The van der Waals surface area contributed by atoms with E-state index in [1.165, 1.54) is 14.2 Å². The third kappa shape index (κ3) is 9.16. The summed E-state index contributed by atoms with van der Waals surface area (Å²) in [6, 6.07) is 10.4. The van der Waals surface area contributed by atoms with Crippen LogP contribution in [0.15, 0.2) is 103 Å². The van der Waals surface area contributed by atoms with Crippen molar-refractivity contribution < 1.29 is 28.7 Å². The van der Waals surface area contributed by atoms with Crippen LogP contribution in [0.4, 0.5) is 9.59 Å². The average Bonchev–Trinajstić information content (AvgIpc) is 4.16. The van der Waals surface area contributed by atoms with Gasteiger partial charge in [-0.05, 0) is 110 Å². The van der Waals surface area contributed by atoms with Gasteiger partial charge in [0, 0.05) is 24.3 Å². The first-order valence-electron chi connectivity index (χ1n) is 21.6. The number of ether oxygens (including phenoxy) is 2. The fraction of sp³-hybridized carbons (Fsp3) is 0.347. The van der Waals surface area contributed by atoms with Crippen molar-refractivity contribution in [2.75, 3.05) is 27.3 Å². The summed E-state index contributed by atoms with van der Waals surface area (Å²) in [4.78, 5) is 73.1. The summed E-state index contributed by atoms with van der Waals surface area (Å²) >= 11 is 0. The molecule has 63 heavy (non-hydrogen) atoms. The van der Waals surface area contributed by atoms with E-state index >= 15 is 0 Å². The number of carbonyl (C=O) groups excluding carboxylic acids is 4. The summed E-state index contributed by atoms with van der Waals surface area (Å²) in [6.45, 7) is 7.23. The van der Waals surface area contributed by atoms with E-state index < -0.39 is 24.3 Å². The molecule has 8 rings (SSSR count). The lowest BCUT2D eigenvalue weighted by Crippen LogP contribution is -2.49. The van der Waals surface area contributed by atoms with Crippen LogP contribution >= 0.6 is 0 Å². The van der Waals surface area contributed by atoms with Gasteiger partial charge in [-0.25, -0.2) is 19.6 Å². The molecule has 0 radical (unpaired) electrons. The lowest BCUT2D eigenvalue weighted by molar-refractivity contribution is -0.134. The van der Waals surface area contributed by atoms with Gasteiger partial charge >= 0.3 is 12.2 Å². The zero-order valence-corrected chi connectivity index (χ0v) is 36.0. The molecule has 2 fully saturated rings. The Morgan fingerprint density at radius 1 is 0.794 bits per heavy atom. The number of benzene rings is 2. The van der Waals surface area contributed by atoms with Crippen molar-refractivity contribution in [1.29, 1.82) is 0 Å². The van der Waals surface area contributed by atoms with Crippen LogP contribution in [0.2, 0.25) is 0 Å². The molecule has 2 aromatic heterocycles. The second-order valence-corrected chi connectivity index (χ2v) is 16.3. The van der Waals surface area contributed by atoms with Crippen molar-refractivity contribution in [2.24, 2.45) is 0 Å². The summed E-state index contributed by atoms with van der Waals surface area (Å²) in [5, 5.41) is 7.64. The molecule has 326 valence electrons. The first kappa shape index (κ1) is 42.7. The Hall–Kier alpha value is -6.96. The second-order valence-electron chi connectivity index (χ2n) is 16.3. The van der Waals surface area contributed by atoms with Crippen molar-refractivity contribution >= 4 is 46.4 Å². The largest absolute Gasteiger partial charge is 0.453 e. The molecule has 0 spiro atoms. The number of hydrogen-bond donors (Lipinski definition) is 4. The van der Waals surface area contributed by atoms with Crippen LogP contribution in [-0.4, -0.2) is 93.1 Å². The predicted molar refractivity (Wildman–Crippen MR) is 242 cm³/mol. The van der Waals surface area contributed by atoms with E-state index in [1.807, 2.05) is 71.5 Å². The molecule has 4 unspecified atom stereocenters. The van der Waals surface area contributed by atoms with Crippen LogP contribution in [0.1, 0.15) is 92.1 Å². The van der Waals surface area contributed by atoms with Gasteiger partial charge < -0.3 is 39.9 Å². The van der Waals surface area contributed by atoms with Gasteiger partial charge in [0.1, 0.15) is 23.7 Å². The summed E-state index contributed by atoms with van der Waals surface area (Å²) in [7, 11) is 2.59. The van der Waals surface area contributed by atoms with Gasteiger partial charge in [-0.2, -0.15) is 0 Å². The number of H-pyrrole nitrogens is 2. The number of alkyl carbamates (subject to hydrolysis) is 2. The summed E-state index contributed by atoms with van der Waals surface area (Å²) in [5.74, 6) is 1.07. The maximum absolute atomic E-state index is 14.1. The minimum atomic E-state index is -0.813. The van der Waals surface area contributed by atoms with E-state index in [0.29, 0.717) is 50.4 Å². The highest BCUT2D eigenvalue weighted by atomic mass is 16.5. The lowest BCUT2D eigenvalue weighted by Gasteiger charge is -2.29. The van der Waals surface area contributed by atoms with Gasteiger partial charge in [0.2, 0.25) is 11.8 Å². The monoisotopic (exact) mass is 850 g/mol. The molecule has 2 aromatic carbocycles. The highest BCUT2D eigenvalue weighted by Crippen LogP contribution is 2.36. The molecule has 2 aliphatic carbocycles. The van der Waals surface area contributed by atoms with Crippen molar-refractivity contribution in [1.82, 2.24) is 40.4 Å². The minimum Gasteiger partial charge on any atom is -0.453 e. The Kier molecular flexibility index (Phi) is 12.9. The fourth-order valence-electron chi connectivity index (χ4n) is 9.10. The molecule has 2 saturated heterocycles. The maximum atomic E-state index is 14.1. The molecule has 4 aliphatic rings. The van der Waals surface area contributed by atoms with E-state index in [4.69, 9.17) is 19.4 Å². The van der Waals surface area contributed by atoms with E-state index in [0.717, 1.165) is 81.4 Å². The molecule has 14 nitrogen and oxygen atoms in total. The van der Waals surface area contributed by atoms with Crippen LogP contribution in [0.3, 0.4) is 0 Å². The van der Waals surface area contributed by atoms with Crippen LogP contribution in [0.25, 0.3) is 33.7 Å². The van der Waals surface area contributed by atoms with E-state index in [9.17, 15) is 19.2 Å². The van der Waals surface area contributed by atoms with E-state index in [-0.39, 0.29) is 23.9 Å². The zero-order chi connectivity index (χ0) is 44.0. The van der Waals surface area contributed by atoms with Crippen molar-refractivity contribution in [3.8, 4) is 11.3 Å². The molecule has 4 amide bonds. The zero-order valence-electron chi connectivity index (χ0n) is 36.0. The number of rotatable bonds is 12. The lowest BCUT2D eigenvalue weighted by atomic mass is 9.97. The van der Waals surface area contributed by atoms with Crippen LogP contribution in [0, 0.1) is 6.92 Å². The van der Waals surface area contributed by atoms with Crippen molar-refractivity contribution in [2.45, 2.75) is 82.5 Å². The van der Waals surface area contributed by atoms with Gasteiger partial charge in [0.05, 0.1) is 43.9 Å². The van der Waals surface area contributed by atoms with Crippen LogP contribution < -0.4 is 10.6 Å². The van der Waals surface area contributed by atoms with E-state index in [2.05, 4.69) is 63.6 Å². The third-order valence-corrected chi connectivity index (χ3v) is 12.4. The molecule has 4 heterocycles. The number of nitrogens with zero attached hydrogens (tertiary/aromatic N) is 4. The van der Waals surface area contributed by atoms with Gasteiger partial charge in [-0.1, -0.05) is 73.4 Å². The molecule has 14 heteroatoms. The highest BCUT2D eigenvalue weighted by molar-refractivity contribution is 5.94. The fourth-order valence-corrected chi connectivity index (χ4v) is 9.10. The number of carbonyl (C=O) groups is 4. The first-order valence-corrected chi connectivity index (χ1v) is 21.6. The number of amides is 4. The Labute approximate surface area is 366 Å². The molecule has 0 saturated carbocycles. The molecule has 4 atom stereocenters. The van der Waals surface area contributed by atoms with Crippen LogP contribution in [-0.2, 0) is 19.1 Å². The number of hydrogen-bond acceptors (Lipinski definition) is 8. The van der Waals surface area contributed by atoms with Gasteiger partial charge in [0.25, 0.3) is 0 Å². The number of nitrogens with one attached hydrogen (secondary N) is 4. The Morgan fingerprint density at radius 2 is 1.38 bits per heavy atom. The van der Waals surface area contributed by atoms with Gasteiger partial charge in [-0.15, -0.1) is 0 Å². The molecular weight excluding hydrogens is 797 g/mol. The standard InChI is InChI=1S/C49H54N8O6/c1-5-31(28-38-30(2)51-45(52-38)41-19-13-25-57(41)47(59)43(55-49(61)63-4)33-16-10-7-11-17-33)34-20-21-36-27-37(23-22-35(36)26-34)39-29-50-44(53-39)40-18-12-24-56(40)46(58)42(54-48(60)62-3)32-14-8-6-9-15-32/h5-8,10,15,17,20-23,26-29,40-43H,1,9,11-14,16,18-19,24-25H2,2-4H3,(H,50,53)(H,51,52)(H,54,60)(H,55,61)/b31-28+. The number of likely N-dealkylation sites (tertiary alicyclic amines) is 2. The summed E-state index contributed by atoms with van der Waals surface area (Å²) < 4.78 is 9.74. The smallest absolute Gasteiger partial charge is 0.407 e.